The molecule has 0 aromatic carbocycles. The second-order valence-corrected chi connectivity index (χ2v) is 7.00. The molecule has 0 bridgehead atoms. The van der Waals surface area contributed by atoms with E-state index in [0.717, 1.165) is 24.0 Å². The van der Waals surface area contributed by atoms with E-state index in [9.17, 15) is 4.79 Å². The largest absolute Gasteiger partial charge is 0.459 e. The van der Waals surface area contributed by atoms with E-state index in [4.69, 9.17) is 9.47 Å². The van der Waals surface area contributed by atoms with Crippen LogP contribution in [0.2, 0.25) is 0 Å². The van der Waals surface area contributed by atoms with Gasteiger partial charge in [0.25, 0.3) is 0 Å². The average molecular weight is 305 g/mol. The molecule has 0 spiro atoms. The number of fused-ring (bicyclic) bond motifs is 1. The van der Waals surface area contributed by atoms with Crippen LogP contribution in [-0.4, -0.2) is 22.7 Å². The molecule has 0 aliphatic carbocycles. The Balaban J connectivity index is 2.14. The summed E-state index contributed by atoms with van der Waals surface area (Å²) in [6.45, 7) is 10.8. The van der Waals surface area contributed by atoms with Gasteiger partial charge in [0.15, 0.2) is 0 Å². The zero-order chi connectivity index (χ0) is 16.3. The van der Waals surface area contributed by atoms with Crippen LogP contribution in [0.1, 0.15) is 57.7 Å². The molecule has 22 heavy (non-hydrogen) atoms. The minimum atomic E-state index is -0.414. The minimum Gasteiger partial charge on any atom is -0.459 e. The maximum absolute atomic E-state index is 12.2. The Bertz CT molecular complexity index is 537. The topological polar surface area (TPSA) is 48.4 Å². The van der Waals surface area contributed by atoms with E-state index < -0.39 is 5.60 Å². The Kier molecular flexibility index (Phi) is 5.22. The van der Waals surface area contributed by atoms with Crippen LogP contribution in [0, 0.1) is 5.92 Å². The molecule has 2 heterocycles. The molecular formula is C18H27NO3. The molecule has 2 rings (SSSR count). The van der Waals surface area contributed by atoms with E-state index in [1.807, 2.05) is 27.0 Å². The fraction of sp³-hybridized carbons (Fsp3) is 0.667. The number of ether oxygens (including phenoxy) is 2. The van der Waals surface area contributed by atoms with Crippen molar-refractivity contribution in [3.63, 3.8) is 0 Å². The van der Waals surface area contributed by atoms with Crippen molar-refractivity contribution >= 4 is 5.97 Å². The highest BCUT2D eigenvalue weighted by Gasteiger charge is 2.26. The first kappa shape index (κ1) is 16.9. The molecule has 1 aromatic rings. The number of rotatable bonds is 5. The van der Waals surface area contributed by atoms with Crippen molar-refractivity contribution in [3.05, 3.63) is 29.1 Å². The summed E-state index contributed by atoms with van der Waals surface area (Å²) in [5.41, 5.74) is 2.87. The van der Waals surface area contributed by atoms with Crippen LogP contribution in [0.3, 0.4) is 0 Å². The minimum absolute atomic E-state index is 0.186. The van der Waals surface area contributed by atoms with Crippen molar-refractivity contribution in [1.82, 2.24) is 4.98 Å². The zero-order valence-electron chi connectivity index (χ0n) is 14.3. The summed E-state index contributed by atoms with van der Waals surface area (Å²) in [6.07, 6.45) is 5.77. The van der Waals surface area contributed by atoms with E-state index in [1.54, 1.807) is 6.20 Å². The molecule has 0 saturated carbocycles. The number of hydrogen-bond acceptors (Lipinski definition) is 4. The predicted molar refractivity (Wildman–Crippen MR) is 85.5 cm³/mol. The second kappa shape index (κ2) is 6.78. The Morgan fingerprint density at radius 3 is 2.82 bits per heavy atom. The van der Waals surface area contributed by atoms with E-state index in [0.29, 0.717) is 12.5 Å². The quantitative estimate of drug-likeness (QED) is 0.782. The summed E-state index contributed by atoms with van der Waals surface area (Å²) in [4.78, 5) is 16.5. The second-order valence-electron chi connectivity index (χ2n) is 7.00. The normalized spacial score (nSPS) is 18.2. The van der Waals surface area contributed by atoms with E-state index in [1.165, 1.54) is 5.56 Å². The van der Waals surface area contributed by atoms with Crippen molar-refractivity contribution in [2.75, 3.05) is 0 Å². The molecule has 1 aromatic heterocycles. The highest BCUT2D eigenvalue weighted by atomic mass is 16.6. The molecule has 1 unspecified atom stereocenters. The summed E-state index contributed by atoms with van der Waals surface area (Å²) in [6, 6.07) is 0. The Hall–Kier alpha value is -1.42. The van der Waals surface area contributed by atoms with Crippen LogP contribution in [0.25, 0.3) is 0 Å². The van der Waals surface area contributed by atoms with Crippen LogP contribution in [0.15, 0.2) is 12.4 Å². The fourth-order valence-corrected chi connectivity index (χ4v) is 2.58. The molecule has 0 N–H and O–H groups in total. The monoisotopic (exact) mass is 305 g/mol. The molecule has 0 fully saturated rings. The summed E-state index contributed by atoms with van der Waals surface area (Å²) in [7, 11) is 0. The zero-order valence-corrected chi connectivity index (χ0v) is 14.3. The summed E-state index contributed by atoms with van der Waals surface area (Å²) in [5.74, 6) is 0.273. The first-order chi connectivity index (χ1) is 10.3. The number of carbonyl (C=O) groups excluding carboxylic acids is 1. The number of carbonyl (C=O) groups is 1. The Morgan fingerprint density at radius 2 is 2.18 bits per heavy atom. The van der Waals surface area contributed by atoms with Gasteiger partial charge in [-0.2, -0.15) is 0 Å². The van der Waals surface area contributed by atoms with Crippen LogP contribution >= 0.6 is 0 Å². The first-order valence-electron chi connectivity index (χ1n) is 8.10. The van der Waals surface area contributed by atoms with Gasteiger partial charge >= 0.3 is 5.97 Å². The fourth-order valence-electron chi connectivity index (χ4n) is 2.58. The Labute approximate surface area is 133 Å². The van der Waals surface area contributed by atoms with Crippen molar-refractivity contribution in [2.45, 2.75) is 72.2 Å². The van der Waals surface area contributed by atoms with E-state index in [2.05, 4.69) is 18.8 Å². The maximum atomic E-state index is 12.2. The molecular weight excluding hydrogens is 278 g/mol. The molecule has 0 radical (unpaired) electrons. The predicted octanol–water partition coefficient (Wildman–Crippen LogP) is 3.45. The number of pyridine rings is 1. The van der Waals surface area contributed by atoms with Gasteiger partial charge in [-0.05, 0) is 49.3 Å². The number of nitrogens with zero attached hydrogens (tertiary/aromatic N) is 1. The number of aromatic nitrogens is 1. The average Bonchev–Trinajstić information content (AvgIpc) is 2.46. The van der Waals surface area contributed by atoms with Gasteiger partial charge in [-0.15, -0.1) is 0 Å². The molecule has 0 saturated heterocycles. The molecule has 122 valence electrons. The van der Waals surface area contributed by atoms with Crippen LogP contribution in [0.4, 0.5) is 0 Å². The SMILES string of the molecule is CCC(C)(C)OC(=O)Cc1cncc2c1CC(C(C)C)OC2. The van der Waals surface area contributed by atoms with Crippen molar-refractivity contribution in [2.24, 2.45) is 5.92 Å². The lowest BCUT2D eigenvalue weighted by Crippen LogP contribution is -2.30. The van der Waals surface area contributed by atoms with E-state index >= 15 is 0 Å². The van der Waals surface area contributed by atoms with Crippen LogP contribution < -0.4 is 0 Å². The summed E-state index contributed by atoms with van der Waals surface area (Å²) < 4.78 is 11.4. The van der Waals surface area contributed by atoms with Crippen LogP contribution in [-0.2, 0) is 33.7 Å². The van der Waals surface area contributed by atoms with Gasteiger partial charge in [0, 0.05) is 12.4 Å². The molecule has 1 aliphatic heterocycles. The van der Waals surface area contributed by atoms with Gasteiger partial charge in [-0.25, -0.2) is 0 Å². The maximum Gasteiger partial charge on any atom is 0.310 e. The highest BCUT2D eigenvalue weighted by Crippen LogP contribution is 2.27. The van der Waals surface area contributed by atoms with Crippen molar-refractivity contribution in [3.8, 4) is 0 Å². The van der Waals surface area contributed by atoms with Gasteiger partial charge in [0.05, 0.1) is 19.1 Å². The lowest BCUT2D eigenvalue weighted by atomic mass is 9.90. The third-order valence-electron chi connectivity index (χ3n) is 4.41. The van der Waals surface area contributed by atoms with Gasteiger partial charge in [0.1, 0.15) is 5.60 Å². The number of esters is 1. The molecule has 4 heteroatoms. The third kappa shape index (κ3) is 4.07. The molecule has 4 nitrogen and oxygen atoms in total. The first-order valence-corrected chi connectivity index (χ1v) is 8.10. The van der Waals surface area contributed by atoms with Gasteiger partial charge < -0.3 is 9.47 Å². The van der Waals surface area contributed by atoms with Gasteiger partial charge in [-0.1, -0.05) is 20.8 Å². The molecule has 1 aliphatic rings. The Morgan fingerprint density at radius 1 is 1.45 bits per heavy atom. The van der Waals surface area contributed by atoms with Gasteiger partial charge in [0.2, 0.25) is 0 Å². The number of hydrogen-bond donors (Lipinski definition) is 0. The van der Waals surface area contributed by atoms with Crippen molar-refractivity contribution < 1.29 is 14.3 Å². The van der Waals surface area contributed by atoms with Crippen molar-refractivity contribution in [1.29, 1.82) is 0 Å². The molecule has 0 amide bonds. The lowest BCUT2D eigenvalue weighted by molar-refractivity contribution is -0.155. The summed E-state index contributed by atoms with van der Waals surface area (Å²) in [5, 5.41) is 0. The standard InChI is InChI=1S/C18H27NO3/c1-6-18(4,5)22-17(20)7-13-9-19-10-14-11-21-16(12(2)3)8-15(13)14/h9-10,12,16H,6-8,11H2,1-5H3. The lowest BCUT2D eigenvalue weighted by Gasteiger charge is -2.29. The smallest absolute Gasteiger partial charge is 0.310 e. The molecule has 1 atom stereocenters. The highest BCUT2D eigenvalue weighted by molar-refractivity contribution is 5.73. The van der Waals surface area contributed by atoms with Crippen LogP contribution in [0.5, 0.6) is 0 Å². The third-order valence-corrected chi connectivity index (χ3v) is 4.41. The van der Waals surface area contributed by atoms with Gasteiger partial charge in [-0.3, -0.25) is 9.78 Å². The summed E-state index contributed by atoms with van der Waals surface area (Å²) >= 11 is 0. The van der Waals surface area contributed by atoms with E-state index in [-0.39, 0.29) is 18.5 Å².